The number of rotatable bonds is 3. The fourth-order valence-electron chi connectivity index (χ4n) is 1.85. The number of nitrogens with one attached hydrogen (secondary N) is 1. The Morgan fingerprint density at radius 3 is 2.94 bits per heavy atom. The van der Waals surface area contributed by atoms with E-state index in [1.54, 1.807) is 0 Å². The molecule has 17 heavy (non-hydrogen) atoms. The Balaban J connectivity index is 2.19. The van der Waals surface area contributed by atoms with E-state index in [0.29, 0.717) is 6.42 Å². The van der Waals surface area contributed by atoms with Crippen LogP contribution in [0.4, 0.5) is 5.69 Å². The predicted octanol–water partition coefficient (Wildman–Crippen LogP) is 3.77. The maximum absolute atomic E-state index is 11.3. The van der Waals surface area contributed by atoms with Crippen molar-refractivity contribution in [2.45, 2.75) is 26.2 Å². The zero-order chi connectivity index (χ0) is 12.1. The van der Waals surface area contributed by atoms with Crippen LogP contribution in [0.1, 0.15) is 31.7 Å². The molecule has 1 N–H and O–H groups in total. The number of carbonyl (C=O) groups is 1. The van der Waals surface area contributed by atoms with Crippen LogP contribution in [0, 0.1) is 0 Å². The summed E-state index contributed by atoms with van der Waals surface area (Å²) >= 11 is 0. The summed E-state index contributed by atoms with van der Waals surface area (Å²) in [5, 5.41) is 2.88. The van der Waals surface area contributed by atoms with Crippen LogP contribution in [-0.4, -0.2) is 5.91 Å². The van der Waals surface area contributed by atoms with Gasteiger partial charge in [0.2, 0.25) is 5.91 Å². The van der Waals surface area contributed by atoms with Gasteiger partial charge in [-0.15, -0.1) is 0 Å². The molecular weight excluding hydrogens is 210 g/mol. The first-order valence-electron chi connectivity index (χ1n) is 6.06. The van der Waals surface area contributed by atoms with Gasteiger partial charge in [0.1, 0.15) is 0 Å². The lowest BCUT2D eigenvalue weighted by atomic mass is 9.99. The molecule has 0 radical (unpaired) electrons. The molecule has 1 aromatic rings. The van der Waals surface area contributed by atoms with E-state index >= 15 is 0 Å². The summed E-state index contributed by atoms with van der Waals surface area (Å²) in [5.41, 5.74) is 3.27. The van der Waals surface area contributed by atoms with Crippen molar-refractivity contribution in [1.29, 1.82) is 0 Å². The van der Waals surface area contributed by atoms with Crippen molar-refractivity contribution in [1.82, 2.24) is 0 Å². The molecule has 0 saturated carbocycles. The molecule has 0 saturated heterocycles. The molecule has 0 spiro atoms. The Hall–Kier alpha value is -1.83. The lowest BCUT2D eigenvalue weighted by Gasteiger charge is -2.09. The molecule has 0 unspecified atom stereocenters. The number of hydrogen-bond donors (Lipinski definition) is 1. The van der Waals surface area contributed by atoms with Crippen molar-refractivity contribution < 1.29 is 4.79 Å². The average molecular weight is 227 g/mol. The van der Waals surface area contributed by atoms with Crippen LogP contribution in [0.2, 0.25) is 0 Å². The maximum atomic E-state index is 11.3. The number of anilines is 1. The van der Waals surface area contributed by atoms with Gasteiger partial charge in [0.05, 0.1) is 0 Å². The van der Waals surface area contributed by atoms with E-state index in [9.17, 15) is 4.79 Å². The molecule has 2 heteroatoms. The highest BCUT2D eigenvalue weighted by Crippen LogP contribution is 2.23. The van der Waals surface area contributed by atoms with E-state index in [-0.39, 0.29) is 5.91 Å². The van der Waals surface area contributed by atoms with E-state index in [1.165, 1.54) is 5.57 Å². The second-order valence-electron chi connectivity index (χ2n) is 4.12. The Labute approximate surface area is 102 Å². The Kier molecular flexibility index (Phi) is 3.76. The van der Waals surface area contributed by atoms with Crippen LogP contribution in [0.5, 0.6) is 0 Å². The predicted molar refractivity (Wildman–Crippen MR) is 71.7 cm³/mol. The molecule has 0 aliphatic heterocycles. The molecule has 0 heterocycles. The highest BCUT2D eigenvalue weighted by Gasteiger charge is 2.03. The lowest BCUT2D eigenvalue weighted by molar-refractivity contribution is -0.115. The Bertz CT molecular complexity index is 472. The first-order valence-corrected chi connectivity index (χ1v) is 6.06. The molecule has 0 fully saturated rings. The molecule has 88 valence electrons. The molecule has 2 rings (SSSR count). The lowest BCUT2D eigenvalue weighted by Crippen LogP contribution is -2.09. The molecule has 1 aliphatic rings. The highest BCUT2D eigenvalue weighted by molar-refractivity contribution is 5.91. The van der Waals surface area contributed by atoms with Gasteiger partial charge in [0, 0.05) is 12.1 Å². The quantitative estimate of drug-likeness (QED) is 0.836. The van der Waals surface area contributed by atoms with E-state index in [1.807, 2.05) is 25.1 Å². The van der Waals surface area contributed by atoms with Crippen molar-refractivity contribution in [3.05, 3.63) is 48.1 Å². The number of carbonyl (C=O) groups excluding carboxylic acids is 1. The zero-order valence-corrected chi connectivity index (χ0v) is 10.1. The van der Waals surface area contributed by atoms with Gasteiger partial charge in [-0.05, 0) is 36.1 Å². The highest BCUT2D eigenvalue weighted by atomic mass is 16.1. The molecule has 1 amide bonds. The largest absolute Gasteiger partial charge is 0.326 e. The van der Waals surface area contributed by atoms with Crippen LogP contribution in [0.15, 0.2) is 42.5 Å². The van der Waals surface area contributed by atoms with Crippen molar-refractivity contribution >= 4 is 17.2 Å². The fraction of sp³-hybridized carbons (Fsp3) is 0.267. The molecular formula is C15H17NO. The van der Waals surface area contributed by atoms with Crippen molar-refractivity contribution in [2.24, 2.45) is 0 Å². The zero-order valence-electron chi connectivity index (χ0n) is 10.1. The summed E-state index contributed by atoms with van der Waals surface area (Å²) in [5.74, 6) is 0.0512. The third-order valence-corrected chi connectivity index (χ3v) is 2.80. The van der Waals surface area contributed by atoms with Gasteiger partial charge in [-0.25, -0.2) is 0 Å². The minimum Gasteiger partial charge on any atom is -0.326 e. The monoisotopic (exact) mass is 227 g/mol. The van der Waals surface area contributed by atoms with Gasteiger partial charge >= 0.3 is 0 Å². The topological polar surface area (TPSA) is 29.1 Å². The van der Waals surface area contributed by atoms with E-state index in [4.69, 9.17) is 0 Å². The van der Waals surface area contributed by atoms with Crippen LogP contribution in [-0.2, 0) is 4.79 Å². The maximum Gasteiger partial charge on any atom is 0.224 e. The van der Waals surface area contributed by atoms with Gasteiger partial charge in [0.15, 0.2) is 0 Å². The average Bonchev–Trinajstić information content (AvgIpc) is 2.40. The molecule has 2 nitrogen and oxygen atoms in total. The number of amides is 1. The summed E-state index contributed by atoms with van der Waals surface area (Å²) in [7, 11) is 0. The molecule has 0 aromatic heterocycles. The van der Waals surface area contributed by atoms with Gasteiger partial charge in [0.25, 0.3) is 0 Å². The summed E-state index contributed by atoms with van der Waals surface area (Å²) < 4.78 is 0. The Morgan fingerprint density at radius 2 is 2.24 bits per heavy atom. The van der Waals surface area contributed by atoms with E-state index in [0.717, 1.165) is 24.1 Å². The van der Waals surface area contributed by atoms with Crippen molar-refractivity contribution in [3.8, 4) is 0 Å². The fourth-order valence-corrected chi connectivity index (χ4v) is 1.85. The third-order valence-electron chi connectivity index (χ3n) is 2.80. The van der Waals surface area contributed by atoms with Crippen molar-refractivity contribution in [2.75, 3.05) is 5.32 Å². The Morgan fingerprint density at radius 1 is 1.35 bits per heavy atom. The number of allylic oxidation sites excluding steroid dienone is 4. The van der Waals surface area contributed by atoms with Crippen LogP contribution in [0.25, 0.3) is 5.57 Å². The normalized spacial score (nSPS) is 14.3. The summed E-state index contributed by atoms with van der Waals surface area (Å²) in [6.45, 7) is 1.85. The molecule has 0 atom stereocenters. The molecule has 1 aromatic carbocycles. The number of benzene rings is 1. The minimum atomic E-state index is 0.0512. The minimum absolute atomic E-state index is 0.0512. The first-order chi connectivity index (χ1) is 8.29. The van der Waals surface area contributed by atoms with Crippen molar-refractivity contribution in [3.63, 3.8) is 0 Å². The van der Waals surface area contributed by atoms with Gasteiger partial charge in [-0.2, -0.15) is 0 Å². The second-order valence-corrected chi connectivity index (χ2v) is 4.12. The van der Waals surface area contributed by atoms with Gasteiger partial charge < -0.3 is 5.32 Å². The van der Waals surface area contributed by atoms with E-state index in [2.05, 4.69) is 29.6 Å². The van der Waals surface area contributed by atoms with Crippen LogP contribution in [0.3, 0.4) is 0 Å². The molecule has 1 aliphatic carbocycles. The SMILES string of the molecule is CCC(=O)Nc1cccc(C2=CCCC=C2)c1. The number of hydrogen-bond acceptors (Lipinski definition) is 1. The van der Waals surface area contributed by atoms with Crippen LogP contribution < -0.4 is 5.32 Å². The second kappa shape index (κ2) is 5.48. The first kappa shape index (κ1) is 11.6. The van der Waals surface area contributed by atoms with Gasteiger partial charge in [-0.1, -0.05) is 37.3 Å². The van der Waals surface area contributed by atoms with Crippen LogP contribution >= 0.6 is 0 Å². The van der Waals surface area contributed by atoms with Gasteiger partial charge in [-0.3, -0.25) is 4.79 Å². The molecule has 0 bridgehead atoms. The van der Waals surface area contributed by atoms with E-state index < -0.39 is 0 Å². The summed E-state index contributed by atoms with van der Waals surface area (Å²) in [6.07, 6.45) is 9.29. The smallest absolute Gasteiger partial charge is 0.224 e. The standard InChI is InChI=1S/C15H17NO/c1-2-15(17)16-14-10-6-9-13(11-14)12-7-4-3-5-8-12/h4,6-11H,2-3,5H2,1H3,(H,16,17). The summed E-state index contributed by atoms with van der Waals surface area (Å²) in [6, 6.07) is 7.99. The summed E-state index contributed by atoms with van der Waals surface area (Å²) in [4.78, 5) is 11.3. The third kappa shape index (κ3) is 3.06.